The zero-order chi connectivity index (χ0) is 14.0. The number of hydrogen-bond donors (Lipinski definition) is 3. The van der Waals surface area contributed by atoms with Gasteiger partial charge in [-0.05, 0) is 18.2 Å². The maximum atomic E-state index is 12.0. The lowest BCUT2D eigenvalue weighted by Gasteiger charge is -2.08. The van der Waals surface area contributed by atoms with Crippen LogP contribution in [0.25, 0.3) is 0 Å². The van der Waals surface area contributed by atoms with E-state index in [1.165, 1.54) is 18.3 Å². The second-order valence-corrected chi connectivity index (χ2v) is 4.57. The van der Waals surface area contributed by atoms with Gasteiger partial charge in [0, 0.05) is 17.3 Å². The molecule has 1 heterocycles. The van der Waals surface area contributed by atoms with Crippen LogP contribution in [0.15, 0.2) is 30.5 Å². The van der Waals surface area contributed by atoms with Gasteiger partial charge in [-0.25, -0.2) is 4.98 Å². The number of carbonyl (C=O) groups excluding carboxylic acids is 1. The number of phenolic OH excluding ortho intramolecular Hbond substituents is 1. The molecule has 98 valence electrons. The molecule has 0 aliphatic heterocycles. The van der Waals surface area contributed by atoms with Gasteiger partial charge in [-0.15, -0.1) is 0 Å². The molecule has 0 atom stereocenters. The number of nitrogen functional groups attached to an aromatic ring is 1. The van der Waals surface area contributed by atoms with Gasteiger partial charge in [-0.1, -0.05) is 23.2 Å². The molecule has 0 aliphatic rings. The average molecular weight is 298 g/mol. The highest BCUT2D eigenvalue weighted by Gasteiger charge is 2.14. The maximum absolute atomic E-state index is 12.0. The lowest BCUT2D eigenvalue weighted by molar-refractivity contribution is 0.102. The third-order valence-electron chi connectivity index (χ3n) is 2.34. The first kappa shape index (κ1) is 13.5. The summed E-state index contributed by atoms with van der Waals surface area (Å²) in [6, 6.07) is 5.75. The normalized spacial score (nSPS) is 10.2. The maximum Gasteiger partial charge on any atom is 0.259 e. The largest absolute Gasteiger partial charge is 0.506 e. The van der Waals surface area contributed by atoms with Crippen LogP contribution in [0.4, 0.5) is 11.5 Å². The van der Waals surface area contributed by atoms with Gasteiger partial charge < -0.3 is 16.2 Å². The van der Waals surface area contributed by atoms with Gasteiger partial charge >= 0.3 is 0 Å². The summed E-state index contributed by atoms with van der Waals surface area (Å²) < 4.78 is 0. The quantitative estimate of drug-likeness (QED) is 0.587. The second kappa shape index (κ2) is 5.34. The zero-order valence-electron chi connectivity index (χ0n) is 9.52. The number of nitrogens with one attached hydrogen (secondary N) is 1. The Morgan fingerprint density at radius 1 is 1.26 bits per heavy atom. The van der Waals surface area contributed by atoms with Crippen molar-refractivity contribution in [2.24, 2.45) is 0 Å². The van der Waals surface area contributed by atoms with Crippen molar-refractivity contribution in [3.63, 3.8) is 0 Å². The van der Waals surface area contributed by atoms with Gasteiger partial charge in [0.15, 0.2) is 0 Å². The third kappa shape index (κ3) is 3.07. The molecule has 5 nitrogen and oxygen atoms in total. The van der Waals surface area contributed by atoms with Crippen molar-refractivity contribution in [1.29, 1.82) is 0 Å². The molecule has 0 fully saturated rings. The van der Waals surface area contributed by atoms with E-state index in [0.29, 0.717) is 10.8 Å². The number of anilines is 2. The van der Waals surface area contributed by atoms with Crippen molar-refractivity contribution in [2.45, 2.75) is 0 Å². The Morgan fingerprint density at radius 2 is 2.00 bits per heavy atom. The van der Waals surface area contributed by atoms with Crippen LogP contribution in [0, 0.1) is 0 Å². The Morgan fingerprint density at radius 3 is 2.63 bits per heavy atom. The smallest absolute Gasteiger partial charge is 0.259 e. The van der Waals surface area contributed by atoms with Crippen molar-refractivity contribution in [2.75, 3.05) is 11.1 Å². The predicted octanol–water partition coefficient (Wildman–Crippen LogP) is 2.93. The Labute approximate surface area is 119 Å². The predicted molar refractivity (Wildman–Crippen MR) is 74.7 cm³/mol. The van der Waals surface area contributed by atoms with E-state index in [-0.39, 0.29) is 22.0 Å². The molecule has 19 heavy (non-hydrogen) atoms. The minimum Gasteiger partial charge on any atom is -0.506 e. The van der Waals surface area contributed by atoms with E-state index < -0.39 is 5.91 Å². The minimum atomic E-state index is -0.523. The number of phenols is 1. The summed E-state index contributed by atoms with van der Waals surface area (Å²) in [7, 11) is 0. The standard InChI is InChI=1S/C12H9Cl2N3O2/c13-6-1-2-10(16-5-6)17-12(19)8-3-7(14)4-9(18)11(8)15/h1-5,18H,15H2,(H,16,17,19). The highest BCUT2D eigenvalue weighted by molar-refractivity contribution is 6.31. The molecular formula is C12H9Cl2N3O2. The number of amides is 1. The number of nitrogens with zero attached hydrogens (tertiary/aromatic N) is 1. The van der Waals surface area contributed by atoms with Gasteiger partial charge in [0.25, 0.3) is 5.91 Å². The number of pyridine rings is 1. The summed E-state index contributed by atoms with van der Waals surface area (Å²) in [5, 5.41) is 12.7. The molecular weight excluding hydrogens is 289 g/mol. The van der Waals surface area contributed by atoms with Gasteiger partial charge in [0.05, 0.1) is 16.3 Å². The van der Waals surface area contributed by atoms with E-state index in [0.717, 1.165) is 0 Å². The van der Waals surface area contributed by atoms with E-state index in [4.69, 9.17) is 28.9 Å². The molecule has 7 heteroatoms. The molecule has 0 bridgehead atoms. The molecule has 1 aromatic heterocycles. The number of hydrogen-bond acceptors (Lipinski definition) is 4. The van der Waals surface area contributed by atoms with Crippen molar-refractivity contribution < 1.29 is 9.90 Å². The zero-order valence-corrected chi connectivity index (χ0v) is 11.0. The third-order valence-corrected chi connectivity index (χ3v) is 2.78. The molecule has 2 rings (SSSR count). The van der Waals surface area contributed by atoms with E-state index in [1.807, 2.05) is 0 Å². The highest BCUT2D eigenvalue weighted by Crippen LogP contribution is 2.29. The molecule has 0 saturated carbocycles. The summed E-state index contributed by atoms with van der Waals surface area (Å²) in [6.07, 6.45) is 1.40. The minimum absolute atomic E-state index is 0.0455. The first-order valence-corrected chi connectivity index (χ1v) is 5.94. The summed E-state index contributed by atoms with van der Waals surface area (Å²) >= 11 is 11.4. The molecule has 4 N–H and O–H groups in total. The van der Waals surface area contributed by atoms with Gasteiger partial charge in [-0.3, -0.25) is 4.79 Å². The fraction of sp³-hybridized carbons (Fsp3) is 0. The number of aromatic nitrogens is 1. The summed E-state index contributed by atoms with van der Waals surface area (Å²) in [6.45, 7) is 0. The Hall–Kier alpha value is -1.98. The molecule has 0 radical (unpaired) electrons. The van der Waals surface area contributed by atoms with Crippen molar-refractivity contribution in [3.05, 3.63) is 46.1 Å². The van der Waals surface area contributed by atoms with Crippen LogP contribution in [-0.2, 0) is 0 Å². The van der Waals surface area contributed by atoms with Gasteiger partial charge in [0.2, 0.25) is 0 Å². The van der Waals surface area contributed by atoms with Crippen LogP contribution in [0.2, 0.25) is 10.0 Å². The van der Waals surface area contributed by atoms with Crippen LogP contribution in [-0.4, -0.2) is 16.0 Å². The molecule has 0 unspecified atom stereocenters. The summed E-state index contributed by atoms with van der Waals surface area (Å²) in [4.78, 5) is 15.9. The monoisotopic (exact) mass is 297 g/mol. The van der Waals surface area contributed by atoms with Crippen LogP contribution in [0.1, 0.15) is 10.4 Å². The fourth-order valence-electron chi connectivity index (χ4n) is 1.42. The number of rotatable bonds is 2. The first-order chi connectivity index (χ1) is 8.97. The number of benzene rings is 1. The van der Waals surface area contributed by atoms with Crippen LogP contribution < -0.4 is 11.1 Å². The Balaban J connectivity index is 2.27. The average Bonchev–Trinajstić information content (AvgIpc) is 2.36. The molecule has 0 aliphatic carbocycles. The van der Waals surface area contributed by atoms with E-state index in [9.17, 15) is 9.90 Å². The lowest BCUT2D eigenvalue weighted by atomic mass is 10.1. The van der Waals surface area contributed by atoms with Crippen molar-refractivity contribution in [3.8, 4) is 5.75 Å². The lowest BCUT2D eigenvalue weighted by Crippen LogP contribution is -2.15. The van der Waals surface area contributed by atoms with Gasteiger partial charge in [-0.2, -0.15) is 0 Å². The van der Waals surface area contributed by atoms with E-state index in [1.54, 1.807) is 12.1 Å². The highest BCUT2D eigenvalue weighted by atomic mass is 35.5. The number of carbonyl (C=O) groups is 1. The topological polar surface area (TPSA) is 88.2 Å². The summed E-state index contributed by atoms with van der Waals surface area (Å²) in [5.74, 6) is -0.458. The fourth-order valence-corrected chi connectivity index (χ4v) is 1.75. The van der Waals surface area contributed by atoms with Crippen molar-refractivity contribution in [1.82, 2.24) is 4.98 Å². The molecule has 0 saturated heterocycles. The summed E-state index contributed by atoms with van der Waals surface area (Å²) in [5.41, 5.74) is 5.64. The first-order valence-electron chi connectivity index (χ1n) is 5.18. The van der Waals surface area contributed by atoms with E-state index >= 15 is 0 Å². The van der Waals surface area contributed by atoms with Gasteiger partial charge in [0.1, 0.15) is 11.6 Å². The number of nitrogens with two attached hydrogens (primary N) is 1. The Bertz CT molecular complexity index is 630. The molecule has 1 amide bonds. The molecule has 2 aromatic rings. The van der Waals surface area contributed by atoms with Crippen LogP contribution in [0.3, 0.4) is 0 Å². The van der Waals surface area contributed by atoms with Crippen molar-refractivity contribution >= 4 is 40.6 Å². The molecule has 0 spiro atoms. The van der Waals surface area contributed by atoms with E-state index in [2.05, 4.69) is 10.3 Å². The van der Waals surface area contributed by atoms with Crippen LogP contribution >= 0.6 is 23.2 Å². The Kier molecular flexibility index (Phi) is 3.78. The number of aromatic hydroxyl groups is 1. The molecule has 1 aromatic carbocycles. The number of halogens is 2. The SMILES string of the molecule is Nc1c(O)cc(Cl)cc1C(=O)Nc1ccc(Cl)cn1. The second-order valence-electron chi connectivity index (χ2n) is 3.70. The van der Waals surface area contributed by atoms with Crippen LogP contribution in [0.5, 0.6) is 5.75 Å².